The minimum absolute atomic E-state index is 0.172. The van der Waals surface area contributed by atoms with Crippen LogP contribution in [0.25, 0.3) is 11.3 Å². The van der Waals surface area contributed by atoms with E-state index in [1.807, 2.05) is 91.0 Å². The van der Waals surface area contributed by atoms with Gasteiger partial charge in [0.15, 0.2) is 5.82 Å². The lowest BCUT2D eigenvalue weighted by molar-refractivity contribution is 0.463. The standard InChI is InChI=1S/C28H20BN3O3/c33-25-15-5-4-13-23(25)24-14-7-17-27(31-24)34-22-12-6-11-21(19-22)32-28-26(16-8-18-30-28)35-29(32)20-9-2-1-3-10-20/h1-19,33H. The highest BCUT2D eigenvalue weighted by Crippen LogP contribution is 2.40. The van der Waals surface area contributed by atoms with Crippen molar-refractivity contribution in [3.05, 3.63) is 115 Å². The van der Waals surface area contributed by atoms with Gasteiger partial charge in [-0.1, -0.05) is 54.6 Å². The van der Waals surface area contributed by atoms with Crippen molar-refractivity contribution in [1.29, 1.82) is 0 Å². The van der Waals surface area contributed by atoms with Crippen LogP contribution in [0.2, 0.25) is 0 Å². The number of ether oxygens (including phenoxy) is 1. The van der Waals surface area contributed by atoms with Gasteiger partial charge in [0, 0.05) is 29.6 Å². The molecule has 0 radical (unpaired) electrons. The van der Waals surface area contributed by atoms with Gasteiger partial charge in [-0.3, -0.25) is 0 Å². The summed E-state index contributed by atoms with van der Waals surface area (Å²) in [4.78, 5) is 11.2. The van der Waals surface area contributed by atoms with Crippen molar-refractivity contribution in [2.75, 3.05) is 4.81 Å². The van der Waals surface area contributed by atoms with Crippen LogP contribution in [0.4, 0.5) is 11.5 Å². The van der Waals surface area contributed by atoms with Gasteiger partial charge in [-0.2, -0.15) is 0 Å². The van der Waals surface area contributed by atoms with Gasteiger partial charge in [-0.25, -0.2) is 9.97 Å². The van der Waals surface area contributed by atoms with Gasteiger partial charge >= 0.3 is 7.05 Å². The molecule has 0 aliphatic carbocycles. The van der Waals surface area contributed by atoms with Crippen LogP contribution in [-0.4, -0.2) is 22.1 Å². The van der Waals surface area contributed by atoms with Crippen molar-refractivity contribution in [1.82, 2.24) is 9.97 Å². The summed E-state index contributed by atoms with van der Waals surface area (Å²) in [7, 11) is -0.348. The SMILES string of the molecule is Oc1ccccc1-c1cccc(Oc2cccc(N3B(c4ccccc4)Oc4cccnc43)c2)n1. The summed E-state index contributed by atoms with van der Waals surface area (Å²) >= 11 is 0. The monoisotopic (exact) mass is 457 g/mol. The van der Waals surface area contributed by atoms with E-state index in [2.05, 4.69) is 14.8 Å². The Kier molecular flexibility index (Phi) is 5.27. The molecule has 2 aromatic heterocycles. The quantitative estimate of drug-likeness (QED) is 0.348. The molecule has 0 saturated carbocycles. The van der Waals surface area contributed by atoms with E-state index in [1.165, 1.54) is 0 Å². The Labute approximate surface area is 203 Å². The second-order valence-corrected chi connectivity index (χ2v) is 8.05. The van der Waals surface area contributed by atoms with E-state index in [0.717, 1.165) is 22.7 Å². The predicted molar refractivity (Wildman–Crippen MR) is 137 cm³/mol. The molecule has 3 heterocycles. The molecule has 6 rings (SSSR count). The molecule has 1 N–H and O–H groups in total. The van der Waals surface area contributed by atoms with Crippen molar-refractivity contribution >= 4 is 24.0 Å². The first-order valence-corrected chi connectivity index (χ1v) is 11.3. The molecular weight excluding hydrogens is 437 g/mol. The lowest BCUT2D eigenvalue weighted by Crippen LogP contribution is -2.47. The van der Waals surface area contributed by atoms with Crippen LogP contribution in [-0.2, 0) is 0 Å². The maximum absolute atomic E-state index is 10.2. The maximum atomic E-state index is 10.2. The van der Waals surface area contributed by atoms with Crippen LogP contribution in [0, 0.1) is 0 Å². The summed E-state index contributed by atoms with van der Waals surface area (Å²) in [5.74, 6) is 2.70. The number of fused-ring (bicyclic) bond motifs is 1. The number of rotatable bonds is 5. The number of phenols is 1. The Morgan fingerprint density at radius 2 is 1.63 bits per heavy atom. The number of phenolic OH excluding ortho intramolecular Hbond substituents is 1. The molecule has 35 heavy (non-hydrogen) atoms. The predicted octanol–water partition coefficient (Wildman–Crippen LogP) is 5.57. The van der Waals surface area contributed by atoms with Crippen LogP contribution < -0.4 is 19.7 Å². The van der Waals surface area contributed by atoms with Crippen molar-refractivity contribution < 1.29 is 14.5 Å². The number of hydrogen-bond acceptors (Lipinski definition) is 6. The van der Waals surface area contributed by atoms with Gasteiger partial charge < -0.3 is 19.3 Å². The van der Waals surface area contributed by atoms with Gasteiger partial charge in [-0.15, -0.1) is 0 Å². The van der Waals surface area contributed by atoms with E-state index < -0.39 is 0 Å². The van der Waals surface area contributed by atoms with Crippen LogP contribution in [0.3, 0.4) is 0 Å². The second-order valence-electron chi connectivity index (χ2n) is 8.05. The van der Waals surface area contributed by atoms with Gasteiger partial charge in [0.05, 0.1) is 5.69 Å². The fourth-order valence-electron chi connectivity index (χ4n) is 4.16. The van der Waals surface area contributed by atoms with Crippen molar-refractivity contribution in [3.63, 3.8) is 0 Å². The van der Waals surface area contributed by atoms with Gasteiger partial charge in [-0.05, 0) is 47.9 Å². The molecule has 0 fully saturated rings. The summed E-state index contributed by atoms with van der Waals surface area (Å²) in [6.45, 7) is 0. The summed E-state index contributed by atoms with van der Waals surface area (Å²) in [5, 5.41) is 10.2. The van der Waals surface area contributed by atoms with Crippen LogP contribution in [0.5, 0.6) is 23.1 Å². The lowest BCUT2D eigenvalue weighted by Gasteiger charge is -2.22. The molecule has 0 spiro atoms. The number of hydrogen-bond donors (Lipinski definition) is 1. The third kappa shape index (κ3) is 4.04. The van der Waals surface area contributed by atoms with E-state index in [4.69, 9.17) is 9.39 Å². The first-order valence-electron chi connectivity index (χ1n) is 11.3. The summed E-state index contributed by atoms with van der Waals surface area (Å²) in [6, 6.07) is 34.2. The average molecular weight is 457 g/mol. The first-order chi connectivity index (χ1) is 17.3. The van der Waals surface area contributed by atoms with E-state index in [1.54, 1.807) is 24.4 Å². The summed E-state index contributed by atoms with van der Waals surface area (Å²) in [6.07, 6.45) is 1.76. The summed E-state index contributed by atoms with van der Waals surface area (Å²) in [5.41, 5.74) is 3.18. The molecule has 0 amide bonds. The van der Waals surface area contributed by atoms with Gasteiger partial charge in [0.2, 0.25) is 5.88 Å². The third-order valence-electron chi connectivity index (χ3n) is 5.76. The van der Waals surface area contributed by atoms with Crippen molar-refractivity contribution in [3.8, 4) is 34.4 Å². The Hall–Kier alpha value is -4.78. The fraction of sp³-hybridized carbons (Fsp3) is 0. The van der Waals surface area contributed by atoms with Crippen LogP contribution in [0.1, 0.15) is 0 Å². The molecule has 0 unspecified atom stereocenters. The third-order valence-corrected chi connectivity index (χ3v) is 5.76. The van der Waals surface area contributed by atoms with E-state index in [9.17, 15) is 5.11 Å². The zero-order chi connectivity index (χ0) is 23.6. The van der Waals surface area contributed by atoms with Crippen molar-refractivity contribution in [2.24, 2.45) is 0 Å². The first kappa shape index (κ1) is 20.8. The molecular formula is C28H20BN3O3. The number of aromatic hydroxyl groups is 1. The topological polar surface area (TPSA) is 67.7 Å². The molecule has 1 aliphatic rings. The largest absolute Gasteiger partial charge is 0.535 e. The lowest BCUT2D eigenvalue weighted by atomic mass is 9.71. The zero-order valence-electron chi connectivity index (χ0n) is 18.7. The highest BCUT2D eigenvalue weighted by atomic mass is 16.5. The normalized spacial score (nSPS) is 12.2. The minimum atomic E-state index is -0.348. The molecule has 7 heteroatoms. The van der Waals surface area contributed by atoms with Crippen LogP contribution >= 0.6 is 0 Å². The van der Waals surface area contributed by atoms with Crippen LogP contribution in [0.15, 0.2) is 115 Å². The van der Waals surface area contributed by atoms with E-state index in [-0.39, 0.29) is 12.8 Å². The molecule has 0 bridgehead atoms. The summed E-state index contributed by atoms with van der Waals surface area (Å²) < 4.78 is 12.4. The number of nitrogens with zero attached hydrogens (tertiary/aromatic N) is 3. The van der Waals surface area contributed by atoms with Crippen molar-refractivity contribution in [2.45, 2.75) is 0 Å². The fourth-order valence-corrected chi connectivity index (χ4v) is 4.16. The Bertz CT molecular complexity index is 1500. The smallest absolute Gasteiger partial charge is 0.525 e. The maximum Gasteiger partial charge on any atom is 0.525 e. The molecule has 168 valence electrons. The number of pyridine rings is 2. The number of anilines is 2. The molecule has 3 aromatic carbocycles. The molecule has 0 saturated heterocycles. The van der Waals surface area contributed by atoms with E-state index in [0.29, 0.717) is 22.9 Å². The molecule has 1 aliphatic heterocycles. The Morgan fingerprint density at radius 1 is 0.800 bits per heavy atom. The zero-order valence-corrected chi connectivity index (χ0v) is 18.7. The second kappa shape index (κ2) is 8.87. The minimum Gasteiger partial charge on any atom is -0.535 e. The molecule has 0 atom stereocenters. The van der Waals surface area contributed by atoms with E-state index >= 15 is 0 Å². The highest BCUT2D eigenvalue weighted by molar-refractivity contribution is 6.74. The number of benzene rings is 3. The Balaban J connectivity index is 1.34. The molecule has 6 nitrogen and oxygen atoms in total. The average Bonchev–Trinajstić information content (AvgIpc) is 3.30. The molecule has 5 aromatic rings. The van der Waals surface area contributed by atoms with Gasteiger partial charge in [0.25, 0.3) is 0 Å². The number of para-hydroxylation sites is 1. The van der Waals surface area contributed by atoms with Gasteiger partial charge in [0.1, 0.15) is 17.2 Å². The Morgan fingerprint density at radius 3 is 2.51 bits per heavy atom. The number of aromatic nitrogens is 2. The highest BCUT2D eigenvalue weighted by Gasteiger charge is 2.40.